The van der Waals surface area contributed by atoms with Gasteiger partial charge in [0.1, 0.15) is 11.7 Å². The van der Waals surface area contributed by atoms with Crippen LogP contribution < -0.4 is 16.4 Å². The van der Waals surface area contributed by atoms with Gasteiger partial charge in [-0.2, -0.15) is 0 Å². The maximum absolute atomic E-state index is 12.8. The molecule has 31 heavy (non-hydrogen) atoms. The zero-order chi connectivity index (χ0) is 22.4. The minimum atomic E-state index is -0.480. The number of aromatic nitrogens is 1. The van der Waals surface area contributed by atoms with Crippen LogP contribution in [0.15, 0.2) is 65.8 Å². The molecule has 0 spiro atoms. The zero-order valence-corrected chi connectivity index (χ0v) is 18.0. The summed E-state index contributed by atoms with van der Waals surface area (Å²) in [5, 5.41) is 6.19. The normalized spacial score (nSPS) is 11.1. The molecule has 0 bridgehead atoms. The Balaban J connectivity index is 1.80. The highest BCUT2D eigenvalue weighted by Crippen LogP contribution is 2.23. The molecule has 0 fully saturated rings. The van der Waals surface area contributed by atoms with Gasteiger partial charge in [0.25, 0.3) is 11.8 Å². The maximum Gasteiger partial charge on any atom is 0.258 e. The average molecular weight is 456 g/mol. The fourth-order valence-corrected chi connectivity index (χ4v) is 2.98. The Labute approximate surface area is 189 Å². The molecule has 0 aliphatic rings. The third-order valence-electron chi connectivity index (χ3n) is 4.21. The Morgan fingerprint density at radius 2 is 1.61 bits per heavy atom. The summed E-state index contributed by atoms with van der Waals surface area (Å²) >= 11 is 11.9. The van der Waals surface area contributed by atoms with E-state index in [1.54, 1.807) is 48.5 Å². The Hall–Kier alpha value is -3.42. The number of hydrogen-bond acceptors (Lipinski definition) is 4. The standard InChI is InChI=1S/C22H19Cl2N5O2/c1-2-26-20(25)13-3-5-14(6-4-13)21(30)28-18-9-7-15(23)11-17(18)22(31)29-19-10-8-16(24)12-27-19/h3-12H,2H2,1H3,(H2,25,26)(H,28,30)(H,27,29,31). The van der Waals surface area contributed by atoms with Crippen molar-refractivity contribution in [2.75, 3.05) is 17.2 Å². The molecule has 1 heterocycles. The highest BCUT2D eigenvalue weighted by molar-refractivity contribution is 6.31. The van der Waals surface area contributed by atoms with Crippen molar-refractivity contribution >= 4 is 52.4 Å². The minimum Gasteiger partial charge on any atom is -0.384 e. The first-order valence-electron chi connectivity index (χ1n) is 9.31. The number of anilines is 2. The van der Waals surface area contributed by atoms with Crippen LogP contribution in [-0.4, -0.2) is 29.2 Å². The van der Waals surface area contributed by atoms with E-state index in [9.17, 15) is 9.59 Å². The van der Waals surface area contributed by atoms with Gasteiger partial charge in [0, 0.05) is 28.9 Å². The lowest BCUT2D eigenvalue weighted by molar-refractivity contribution is 0.102. The summed E-state index contributed by atoms with van der Waals surface area (Å²) in [6.45, 7) is 2.46. The number of nitrogens with two attached hydrogens (primary N) is 1. The largest absolute Gasteiger partial charge is 0.384 e. The second kappa shape index (κ2) is 10.1. The molecule has 0 atom stereocenters. The van der Waals surface area contributed by atoms with Crippen LogP contribution in [0.25, 0.3) is 0 Å². The van der Waals surface area contributed by atoms with Gasteiger partial charge in [-0.3, -0.25) is 14.6 Å². The molecule has 0 saturated carbocycles. The molecule has 0 radical (unpaired) electrons. The number of pyridine rings is 1. The molecule has 7 nitrogen and oxygen atoms in total. The molecule has 9 heteroatoms. The summed E-state index contributed by atoms with van der Waals surface area (Å²) < 4.78 is 0. The molecular formula is C22H19Cl2N5O2. The summed E-state index contributed by atoms with van der Waals surface area (Å²) in [6, 6.07) is 14.5. The number of nitrogens with zero attached hydrogens (tertiary/aromatic N) is 2. The van der Waals surface area contributed by atoms with Gasteiger partial charge in [0.15, 0.2) is 0 Å². The first-order chi connectivity index (χ1) is 14.9. The van der Waals surface area contributed by atoms with Gasteiger partial charge >= 0.3 is 0 Å². The number of aliphatic imine (C=N–C) groups is 1. The van der Waals surface area contributed by atoms with E-state index in [-0.39, 0.29) is 5.56 Å². The van der Waals surface area contributed by atoms with Crippen LogP contribution in [0.4, 0.5) is 11.5 Å². The molecular weight excluding hydrogens is 437 g/mol. The Kier molecular flexibility index (Phi) is 7.23. The Morgan fingerprint density at radius 3 is 2.26 bits per heavy atom. The molecule has 2 amide bonds. The lowest BCUT2D eigenvalue weighted by Crippen LogP contribution is -2.19. The number of rotatable bonds is 6. The smallest absolute Gasteiger partial charge is 0.258 e. The molecule has 3 aromatic rings. The van der Waals surface area contributed by atoms with Gasteiger partial charge in [-0.05, 0) is 49.4 Å². The third kappa shape index (κ3) is 5.81. The number of nitrogens with one attached hydrogen (secondary N) is 2. The Morgan fingerprint density at radius 1 is 0.935 bits per heavy atom. The van der Waals surface area contributed by atoms with E-state index in [1.807, 2.05) is 6.92 Å². The van der Waals surface area contributed by atoms with Crippen LogP contribution in [0.3, 0.4) is 0 Å². The average Bonchev–Trinajstić information content (AvgIpc) is 2.76. The lowest BCUT2D eigenvalue weighted by Gasteiger charge is -2.12. The van der Waals surface area contributed by atoms with Crippen molar-refractivity contribution in [3.05, 3.63) is 87.5 Å². The third-order valence-corrected chi connectivity index (χ3v) is 4.67. The molecule has 0 saturated heterocycles. The first-order valence-corrected chi connectivity index (χ1v) is 10.1. The first kappa shape index (κ1) is 22.3. The van der Waals surface area contributed by atoms with Gasteiger partial charge in [0.05, 0.1) is 16.3 Å². The number of amidine groups is 1. The fraction of sp³-hybridized carbons (Fsp3) is 0.0909. The van der Waals surface area contributed by atoms with Crippen LogP contribution in [-0.2, 0) is 0 Å². The zero-order valence-electron chi connectivity index (χ0n) is 16.5. The van der Waals surface area contributed by atoms with Crippen LogP contribution in [0.5, 0.6) is 0 Å². The van der Waals surface area contributed by atoms with Crippen LogP contribution in [0, 0.1) is 0 Å². The molecule has 4 N–H and O–H groups in total. The lowest BCUT2D eigenvalue weighted by atomic mass is 10.1. The molecule has 0 unspecified atom stereocenters. The highest BCUT2D eigenvalue weighted by atomic mass is 35.5. The summed E-state index contributed by atoms with van der Waals surface area (Å²) in [5.41, 5.74) is 7.49. The van der Waals surface area contributed by atoms with E-state index in [0.717, 1.165) is 5.56 Å². The monoisotopic (exact) mass is 455 g/mol. The molecule has 3 rings (SSSR count). The Bertz CT molecular complexity index is 1130. The van der Waals surface area contributed by atoms with E-state index < -0.39 is 11.8 Å². The number of halogens is 2. The number of carbonyl (C=O) groups is 2. The van der Waals surface area contributed by atoms with Gasteiger partial charge in [-0.1, -0.05) is 35.3 Å². The van der Waals surface area contributed by atoms with Crippen molar-refractivity contribution < 1.29 is 9.59 Å². The van der Waals surface area contributed by atoms with E-state index in [0.29, 0.717) is 39.5 Å². The summed E-state index contributed by atoms with van der Waals surface area (Å²) in [7, 11) is 0. The SMILES string of the molecule is CCN=C(N)c1ccc(C(=O)Nc2ccc(Cl)cc2C(=O)Nc2ccc(Cl)cn2)cc1. The van der Waals surface area contributed by atoms with Crippen LogP contribution in [0.1, 0.15) is 33.2 Å². The molecule has 2 aromatic carbocycles. The van der Waals surface area contributed by atoms with Crippen molar-refractivity contribution in [1.82, 2.24) is 4.98 Å². The predicted octanol–water partition coefficient (Wildman–Crippen LogP) is 4.62. The van der Waals surface area contributed by atoms with Gasteiger partial charge in [-0.25, -0.2) is 4.98 Å². The number of benzene rings is 2. The van der Waals surface area contributed by atoms with Crippen LogP contribution in [0.2, 0.25) is 10.0 Å². The molecule has 158 valence electrons. The molecule has 0 aliphatic heterocycles. The second-order valence-corrected chi connectivity index (χ2v) is 7.27. The second-order valence-electron chi connectivity index (χ2n) is 6.40. The summed E-state index contributed by atoms with van der Waals surface area (Å²) in [5.74, 6) is -0.152. The van der Waals surface area contributed by atoms with E-state index in [1.165, 1.54) is 12.3 Å². The van der Waals surface area contributed by atoms with Crippen molar-refractivity contribution in [2.24, 2.45) is 10.7 Å². The quantitative estimate of drug-likeness (QED) is 0.372. The van der Waals surface area contributed by atoms with E-state index in [4.69, 9.17) is 28.9 Å². The van der Waals surface area contributed by atoms with Crippen molar-refractivity contribution in [3.63, 3.8) is 0 Å². The topological polar surface area (TPSA) is 109 Å². The van der Waals surface area contributed by atoms with Crippen molar-refractivity contribution in [3.8, 4) is 0 Å². The summed E-state index contributed by atoms with van der Waals surface area (Å²) in [6.07, 6.45) is 1.42. The number of hydrogen-bond donors (Lipinski definition) is 3. The molecule has 0 aliphatic carbocycles. The minimum absolute atomic E-state index is 0.188. The van der Waals surface area contributed by atoms with Gasteiger partial charge in [-0.15, -0.1) is 0 Å². The van der Waals surface area contributed by atoms with Crippen LogP contribution >= 0.6 is 23.2 Å². The van der Waals surface area contributed by atoms with E-state index in [2.05, 4.69) is 20.6 Å². The van der Waals surface area contributed by atoms with Crippen molar-refractivity contribution in [2.45, 2.75) is 6.92 Å². The maximum atomic E-state index is 12.8. The number of amides is 2. The molecule has 1 aromatic heterocycles. The summed E-state index contributed by atoms with van der Waals surface area (Å²) in [4.78, 5) is 33.6. The predicted molar refractivity (Wildman–Crippen MR) is 124 cm³/mol. The van der Waals surface area contributed by atoms with Gasteiger partial charge < -0.3 is 16.4 Å². The van der Waals surface area contributed by atoms with E-state index >= 15 is 0 Å². The van der Waals surface area contributed by atoms with Gasteiger partial charge in [0.2, 0.25) is 0 Å². The fourth-order valence-electron chi connectivity index (χ4n) is 2.70. The highest BCUT2D eigenvalue weighted by Gasteiger charge is 2.16. The van der Waals surface area contributed by atoms with Crippen molar-refractivity contribution in [1.29, 1.82) is 0 Å². The number of carbonyl (C=O) groups excluding carboxylic acids is 2.